The fourth-order valence-electron chi connectivity index (χ4n) is 11.6. The van der Waals surface area contributed by atoms with E-state index in [0.29, 0.717) is 0 Å². The zero-order chi connectivity index (χ0) is 40.1. The minimum absolute atomic E-state index is 0.393. The van der Waals surface area contributed by atoms with Crippen molar-refractivity contribution in [3.05, 3.63) is 281 Å². The SMILES string of the molecule is c1ccc(N(c2ccc3c(c2)C(c2ccccc2)(c2ccccc2)c2ccccc2-3)c2ccc3cc4c(cc3c2)C2(c3ccccc3-c3ccccc32)c2ccccc2-4)cc1. The van der Waals surface area contributed by atoms with Gasteiger partial charge in [-0.05, 0) is 137 Å². The van der Waals surface area contributed by atoms with Gasteiger partial charge in [0.2, 0.25) is 0 Å². The maximum absolute atomic E-state index is 2.51. The van der Waals surface area contributed by atoms with E-state index in [1.54, 1.807) is 0 Å². The fraction of sp³-hybridized carbons (Fsp3) is 0.0333. The van der Waals surface area contributed by atoms with E-state index in [9.17, 15) is 0 Å². The minimum atomic E-state index is -0.492. The Labute approximate surface area is 356 Å². The summed E-state index contributed by atoms with van der Waals surface area (Å²) in [6, 6.07) is 88.4. The molecule has 1 heteroatoms. The number of fused-ring (bicyclic) bond motifs is 14. The molecule has 0 heterocycles. The predicted molar refractivity (Wildman–Crippen MR) is 252 cm³/mol. The summed E-state index contributed by atoms with van der Waals surface area (Å²) >= 11 is 0. The van der Waals surface area contributed by atoms with Crippen LogP contribution in [0.1, 0.15) is 44.5 Å². The Hall–Kier alpha value is -7.74. The summed E-state index contributed by atoms with van der Waals surface area (Å²) in [5.74, 6) is 0. The molecule has 0 saturated carbocycles. The summed E-state index contributed by atoms with van der Waals surface area (Å²) in [4.78, 5) is 2.45. The first-order valence-corrected chi connectivity index (χ1v) is 21.3. The van der Waals surface area contributed by atoms with Crippen molar-refractivity contribution >= 4 is 27.8 Å². The van der Waals surface area contributed by atoms with E-state index in [1.807, 2.05) is 0 Å². The van der Waals surface area contributed by atoms with Gasteiger partial charge in [-0.25, -0.2) is 0 Å². The standard InChI is InChI=1S/C60H39N/c1-4-18-42(19-5-1)59(43-20-6-2-7-21-43)53-28-14-10-26-49(53)51-35-34-46(39-58(51)59)61(44-22-8-3-9-23-44)45-33-32-40-37-52-50-27-13-17-31-56(50)60(57(52)38-41(40)36-45)54-29-15-11-24-47(54)48-25-12-16-30-55(48)60/h1-39H. The van der Waals surface area contributed by atoms with Gasteiger partial charge in [-0.2, -0.15) is 0 Å². The van der Waals surface area contributed by atoms with E-state index in [1.165, 1.54) is 88.7 Å². The van der Waals surface area contributed by atoms with Gasteiger partial charge in [0.05, 0.1) is 10.8 Å². The summed E-state index contributed by atoms with van der Waals surface area (Å²) in [5.41, 5.74) is 20.9. The molecule has 10 aromatic carbocycles. The zero-order valence-electron chi connectivity index (χ0n) is 33.5. The lowest BCUT2D eigenvalue weighted by molar-refractivity contribution is 0.768. The summed E-state index contributed by atoms with van der Waals surface area (Å²) in [6.45, 7) is 0. The van der Waals surface area contributed by atoms with Gasteiger partial charge in [0.1, 0.15) is 0 Å². The highest BCUT2D eigenvalue weighted by Crippen LogP contribution is 2.63. The average Bonchev–Trinajstić information content (AvgIpc) is 3.91. The second kappa shape index (κ2) is 12.9. The smallest absolute Gasteiger partial charge is 0.0725 e. The molecule has 3 aliphatic carbocycles. The number of nitrogens with zero attached hydrogens (tertiary/aromatic N) is 1. The zero-order valence-corrected chi connectivity index (χ0v) is 33.5. The maximum Gasteiger partial charge on any atom is 0.0725 e. The first-order valence-electron chi connectivity index (χ1n) is 21.3. The number of benzene rings is 10. The molecule has 10 aromatic rings. The summed E-state index contributed by atoms with van der Waals surface area (Å²) < 4.78 is 0. The van der Waals surface area contributed by atoms with Crippen LogP contribution in [0.5, 0.6) is 0 Å². The molecule has 0 bridgehead atoms. The Morgan fingerprint density at radius 1 is 0.230 bits per heavy atom. The number of hydrogen-bond acceptors (Lipinski definition) is 1. The highest BCUT2D eigenvalue weighted by Gasteiger charge is 2.52. The number of rotatable bonds is 5. The van der Waals surface area contributed by atoms with Crippen molar-refractivity contribution in [2.75, 3.05) is 4.90 Å². The Kier molecular flexibility index (Phi) is 7.21. The second-order valence-corrected chi connectivity index (χ2v) is 16.7. The third-order valence-electron chi connectivity index (χ3n) is 13.9. The molecule has 3 aliphatic rings. The average molecular weight is 774 g/mol. The molecule has 0 amide bonds. The molecule has 0 N–H and O–H groups in total. The van der Waals surface area contributed by atoms with Crippen molar-refractivity contribution in [2.24, 2.45) is 0 Å². The molecule has 0 aromatic heterocycles. The minimum Gasteiger partial charge on any atom is -0.310 e. The molecule has 0 saturated heterocycles. The van der Waals surface area contributed by atoms with Crippen LogP contribution in [0.15, 0.2) is 237 Å². The normalized spacial score (nSPS) is 14.2. The van der Waals surface area contributed by atoms with Crippen LogP contribution in [-0.4, -0.2) is 0 Å². The van der Waals surface area contributed by atoms with E-state index in [2.05, 4.69) is 241 Å². The van der Waals surface area contributed by atoms with Crippen LogP contribution in [0.2, 0.25) is 0 Å². The second-order valence-electron chi connectivity index (χ2n) is 16.7. The topological polar surface area (TPSA) is 3.24 Å². The molecule has 0 radical (unpaired) electrons. The molecule has 1 spiro atoms. The fourth-order valence-corrected chi connectivity index (χ4v) is 11.6. The summed E-state index contributed by atoms with van der Waals surface area (Å²) in [6.07, 6.45) is 0. The molecule has 61 heavy (non-hydrogen) atoms. The van der Waals surface area contributed by atoms with Crippen molar-refractivity contribution in [3.63, 3.8) is 0 Å². The van der Waals surface area contributed by atoms with Crippen LogP contribution in [0.3, 0.4) is 0 Å². The lowest BCUT2D eigenvalue weighted by atomic mass is 9.67. The van der Waals surface area contributed by atoms with Crippen molar-refractivity contribution in [1.82, 2.24) is 0 Å². The van der Waals surface area contributed by atoms with Crippen LogP contribution in [0.4, 0.5) is 17.1 Å². The first kappa shape index (κ1) is 34.2. The molecule has 1 nitrogen and oxygen atoms in total. The van der Waals surface area contributed by atoms with E-state index in [-0.39, 0.29) is 0 Å². The Morgan fingerprint density at radius 3 is 1.20 bits per heavy atom. The monoisotopic (exact) mass is 773 g/mol. The Morgan fingerprint density at radius 2 is 0.639 bits per heavy atom. The molecule has 0 unspecified atom stereocenters. The molecule has 13 rings (SSSR count). The summed E-state index contributed by atoms with van der Waals surface area (Å²) in [7, 11) is 0. The van der Waals surface area contributed by atoms with Gasteiger partial charge >= 0.3 is 0 Å². The lowest BCUT2D eigenvalue weighted by Gasteiger charge is -2.35. The van der Waals surface area contributed by atoms with Gasteiger partial charge in [-0.3, -0.25) is 0 Å². The molecule has 0 atom stereocenters. The largest absolute Gasteiger partial charge is 0.310 e. The van der Waals surface area contributed by atoms with Gasteiger partial charge in [-0.1, -0.05) is 188 Å². The highest BCUT2D eigenvalue weighted by molar-refractivity contribution is 6.01. The summed E-state index contributed by atoms with van der Waals surface area (Å²) in [5, 5.41) is 2.46. The highest BCUT2D eigenvalue weighted by atomic mass is 15.1. The number of anilines is 3. The van der Waals surface area contributed by atoms with Gasteiger partial charge < -0.3 is 4.90 Å². The third-order valence-corrected chi connectivity index (χ3v) is 13.9. The van der Waals surface area contributed by atoms with Crippen LogP contribution < -0.4 is 4.90 Å². The Balaban J connectivity index is 1.04. The van der Waals surface area contributed by atoms with E-state index >= 15 is 0 Å². The molecule has 0 fully saturated rings. The van der Waals surface area contributed by atoms with Gasteiger partial charge in [0.15, 0.2) is 0 Å². The van der Waals surface area contributed by atoms with Crippen LogP contribution in [0.25, 0.3) is 44.2 Å². The van der Waals surface area contributed by atoms with Crippen LogP contribution in [-0.2, 0) is 10.8 Å². The molecular formula is C60H39N. The van der Waals surface area contributed by atoms with Crippen molar-refractivity contribution in [2.45, 2.75) is 10.8 Å². The third kappa shape index (κ3) is 4.55. The quantitative estimate of drug-likeness (QED) is 0.168. The lowest BCUT2D eigenvalue weighted by Crippen LogP contribution is -2.28. The van der Waals surface area contributed by atoms with Crippen molar-refractivity contribution < 1.29 is 0 Å². The van der Waals surface area contributed by atoms with E-state index in [0.717, 1.165) is 17.1 Å². The molecule has 0 aliphatic heterocycles. The van der Waals surface area contributed by atoms with Gasteiger partial charge in [0.25, 0.3) is 0 Å². The molecule has 284 valence electrons. The first-order chi connectivity index (χ1) is 30.3. The Bertz CT molecular complexity index is 3280. The van der Waals surface area contributed by atoms with E-state index < -0.39 is 10.8 Å². The van der Waals surface area contributed by atoms with E-state index in [4.69, 9.17) is 0 Å². The van der Waals surface area contributed by atoms with Gasteiger partial charge in [0, 0.05) is 17.1 Å². The number of hydrogen-bond donors (Lipinski definition) is 0. The van der Waals surface area contributed by atoms with Crippen LogP contribution >= 0.6 is 0 Å². The predicted octanol–water partition coefficient (Wildman–Crippen LogP) is 15.0. The van der Waals surface area contributed by atoms with Crippen molar-refractivity contribution in [1.29, 1.82) is 0 Å². The molecular weight excluding hydrogens is 735 g/mol. The van der Waals surface area contributed by atoms with Gasteiger partial charge in [-0.15, -0.1) is 0 Å². The van der Waals surface area contributed by atoms with Crippen molar-refractivity contribution in [3.8, 4) is 33.4 Å². The number of para-hydroxylation sites is 1. The van der Waals surface area contributed by atoms with Crippen LogP contribution in [0, 0.1) is 0 Å². The maximum atomic E-state index is 2.51.